The molecule has 0 fully saturated rings. The number of aryl methyl sites for hydroxylation is 1. The number of aromatic amines is 1. The van der Waals surface area contributed by atoms with Gasteiger partial charge < -0.3 is 16.0 Å². The zero-order chi connectivity index (χ0) is 21.3. The van der Waals surface area contributed by atoms with Gasteiger partial charge in [0, 0.05) is 29.2 Å². The minimum Gasteiger partial charge on any atom is -0.398 e. The standard InChI is InChI=1S/C23H22N6O/c1-13-3-5-15(6-4-13)14(2)27-23(30)22-28-19-11-17(18(24)12-20(19)29-22)21(25)16-7-9-26-10-8-16/h3-12,14,25H,24H2,1-2H3,(H,27,30)(H,28,29). The number of hydrogen-bond acceptors (Lipinski definition) is 5. The number of amides is 1. The molecule has 0 spiro atoms. The molecule has 0 aliphatic carbocycles. The van der Waals surface area contributed by atoms with Crippen molar-refractivity contribution in [2.45, 2.75) is 19.9 Å². The van der Waals surface area contributed by atoms with Crippen LogP contribution >= 0.6 is 0 Å². The van der Waals surface area contributed by atoms with Gasteiger partial charge in [-0.2, -0.15) is 0 Å². The molecule has 2 aromatic heterocycles. The SMILES string of the molecule is Cc1ccc(C(C)NC(=O)c2nc3cc(C(=N)c4ccncc4)c(N)cc3[nH]2)cc1. The average Bonchev–Trinajstić information content (AvgIpc) is 3.16. The summed E-state index contributed by atoms with van der Waals surface area (Å²) < 4.78 is 0. The van der Waals surface area contributed by atoms with Crippen LogP contribution in [0, 0.1) is 12.3 Å². The van der Waals surface area contributed by atoms with Gasteiger partial charge in [0.25, 0.3) is 5.91 Å². The Hall–Kier alpha value is -4.00. The summed E-state index contributed by atoms with van der Waals surface area (Å²) in [5, 5.41) is 11.4. The molecule has 7 heteroatoms. The highest BCUT2D eigenvalue weighted by Gasteiger charge is 2.17. The summed E-state index contributed by atoms with van der Waals surface area (Å²) in [7, 11) is 0. The molecule has 30 heavy (non-hydrogen) atoms. The number of carbonyl (C=O) groups is 1. The van der Waals surface area contributed by atoms with Crippen molar-refractivity contribution in [1.29, 1.82) is 5.41 Å². The maximum atomic E-state index is 12.7. The lowest BCUT2D eigenvalue weighted by Crippen LogP contribution is -2.27. The number of anilines is 1. The van der Waals surface area contributed by atoms with Crippen LogP contribution in [-0.2, 0) is 0 Å². The highest BCUT2D eigenvalue weighted by molar-refractivity contribution is 6.15. The fourth-order valence-electron chi connectivity index (χ4n) is 3.28. The van der Waals surface area contributed by atoms with Crippen LogP contribution < -0.4 is 11.1 Å². The largest absolute Gasteiger partial charge is 0.398 e. The molecule has 150 valence electrons. The van der Waals surface area contributed by atoms with Gasteiger partial charge in [-0.05, 0) is 43.7 Å². The lowest BCUT2D eigenvalue weighted by Gasteiger charge is -2.13. The van der Waals surface area contributed by atoms with Crippen molar-refractivity contribution in [1.82, 2.24) is 20.3 Å². The molecule has 0 saturated carbocycles. The number of imidazole rings is 1. The monoisotopic (exact) mass is 398 g/mol. The second-order valence-electron chi connectivity index (χ2n) is 7.26. The minimum atomic E-state index is -0.302. The Bertz CT molecular complexity index is 1230. The molecule has 1 amide bonds. The Morgan fingerprint density at radius 1 is 1.13 bits per heavy atom. The predicted octanol–water partition coefficient (Wildman–Crippen LogP) is 3.76. The van der Waals surface area contributed by atoms with E-state index in [-0.39, 0.29) is 23.5 Å². The Balaban J connectivity index is 1.59. The number of carbonyl (C=O) groups excluding carboxylic acids is 1. The molecule has 4 rings (SSSR count). The molecular formula is C23H22N6O. The first-order chi connectivity index (χ1) is 14.4. The number of fused-ring (bicyclic) bond motifs is 1. The number of nitrogen functional groups attached to an aromatic ring is 1. The second kappa shape index (κ2) is 7.79. The van der Waals surface area contributed by atoms with Crippen LogP contribution in [0.3, 0.4) is 0 Å². The fraction of sp³-hybridized carbons (Fsp3) is 0.130. The van der Waals surface area contributed by atoms with Crippen LogP contribution in [0.1, 0.15) is 45.8 Å². The number of pyridine rings is 1. The lowest BCUT2D eigenvalue weighted by molar-refractivity contribution is 0.0930. The van der Waals surface area contributed by atoms with E-state index < -0.39 is 0 Å². The molecule has 7 nitrogen and oxygen atoms in total. The Morgan fingerprint density at radius 3 is 2.53 bits per heavy atom. The molecule has 2 heterocycles. The number of nitrogens with zero attached hydrogens (tertiary/aromatic N) is 2. The number of aromatic nitrogens is 3. The maximum absolute atomic E-state index is 12.7. The highest BCUT2D eigenvalue weighted by Crippen LogP contribution is 2.23. The highest BCUT2D eigenvalue weighted by atomic mass is 16.2. The van der Waals surface area contributed by atoms with Crippen LogP contribution in [0.4, 0.5) is 5.69 Å². The third kappa shape index (κ3) is 3.77. The summed E-state index contributed by atoms with van der Waals surface area (Å²) in [5.74, 6) is -0.0976. The van der Waals surface area contributed by atoms with E-state index in [1.807, 2.05) is 38.1 Å². The van der Waals surface area contributed by atoms with Gasteiger partial charge in [0.15, 0.2) is 5.82 Å². The summed E-state index contributed by atoms with van der Waals surface area (Å²) in [4.78, 5) is 24.1. The van der Waals surface area contributed by atoms with Crippen molar-refractivity contribution in [3.05, 3.63) is 89.0 Å². The Morgan fingerprint density at radius 2 is 1.83 bits per heavy atom. The first kappa shape index (κ1) is 19.3. The zero-order valence-electron chi connectivity index (χ0n) is 16.7. The molecule has 0 bridgehead atoms. The minimum absolute atomic E-state index is 0.160. The molecule has 0 aliphatic rings. The van der Waals surface area contributed by atoms with Crippen molar-refractivity contribution in [2.75, 3.05) is 5.73 Å². The van der Waals surface area contributed by atoms with Crippen LogP contribution in [0.15, 0.2) is 60.9 Å². The van der Waals surface area contributed by atoms with E-state index in [0.717, 1.165) is 5.56 Å². The summed E-state index contributed by atoms with van der Waals surface area (Å²) in [6, 6.07) is 14.8. The lowest BCUT2D eigenvalue weighted by atomic mass is 10.0. The van der Waals surface area contributed by atoms with Crippen molar-refractivity contribution in [3.8, 4) is 0 Å². The van der Waals surface area contributed by atoms with Crippen molar-refractivity contribution in [3.63, 3.8) is 0 Å². The van der Waals surface area contributed by atoms with E-state index in [0.29, 0.717) is 27.8 Å². The molecule has 0 aliphatic heterocycles. The third-order valence-electron chi connectivity index (χ3n) is 5.03. The summed E-state index contributed by atoms with van der Waals surface area (Å²) in [6.45, 7) is 3.95. The van der Waals surface area contributed by atoms with Crippen LogP contribution in [-0.4, -0.2) is 26.6 Å². The zero-order valence-corrected chi connectivity index (χ0v) is 16.7. The quantitative estimate of drug-likeness (QED) is 0.302. The van der Waals surface area contributed by atoms with Crippen molar-refractivity contribution < 1.29 is 4.79 Å². The Kier molecular flexibility index (Phi) is 5.02. The molecular weight excluding hydrogens is 376 g/mol. The topological polar surface area (TPSA) is 121 Å². The molecule has 5 N–H and O–H groups in total. The van der Waals surface area contributed by atoms with E-state index in [4.69, 9.17) is 11.1 Å². The van der Waals surface area contributed by atoms with E-state index in [9.17, 15) is 4.79 Å². The van der Waals surface area contributed by atoms with E-state index >= 15 is 0 Å². The van der Waals surface area contributed by atoms with Crippen LogP contribution in [0.2, 0.25) is 0 Å². The number of rotatable bonds is 5. The van der Waals surface area contributed by atoms with Gasteiger partial charge in [0.05, 0.1) is 22.8 Å². The van der Waals surface area contributed by atoms with E-state index in [1.54, 1.807) is 36.7 Å². The number of nitrogens with two attached hydrogens (primary N) is 1. The van der Waals surface area contributed by atoms with Crippen LogP contribution in [0.25, 0.3) is 11.0 Å². The first-order valence-electron chi connectivity index (χ1n) is 9.58. The average molecular weight is 398 g/mol. The smallest absolute Gasteiger partial charge is 0.287 e. The van der Waals surface area contributed by atoms with Gasteiger partial charge in [-0.25, -0.2) is 4.98 Å². The molecule has 0 saturated heterocycles. The van der Waals surface area contributed by atoms with Gasteiger partial charge >= 0.3 is 0 Å². The van der Waals surface area contributed by atoms with Gasteiger partial charge in [0.1, 0.15) is 0 Å². The third-order valence-corrected chi connectivity index (χ3v) is 5.03. The molecule has 2 aromatic carbocycles. The second-order valence-corrected chi connectivity index (χ2v) is 7.26. The number of hydrogen-bond donors (Lipinski definition) is 4. The van der Waals surface area contributed by atoms with Gasteiger partial charge in [-0.15, -0.1) is 0 Å². The fourth-order valence-corrected chi connectivity index (χ4v) is 3.28. The first-order valence-corrected chi connectivity index (χ1v) is 9.58. The number of nitrogens with one attached hydrogen (secondary N) is 3. The summed E-state index contributed by atoms with van der Waals surface area (Å²) in [6.07, 6.45) is 3.26. The molecule has 0 radical (unpaired) electrons. The van der Waals surface area contributed by atoms with Crippen molar-refractivity contribution >= 4 is 28.3 Å². The van der Waals surface area contributed by atoms with E-state index in [1.165, 1.54) is 5.56 Å². The maximum Gasteiger partial charge on any atom is 0.287 e. The Labute approximate surface area is 173 Å². The van der Waals surface area contributed by atoms with Gasteiger partial charge in [0.2, 0.25) is 0 Å². The van der Waals surface area contributed by atoms with E-state index in [2.05, 4.69) is 20.3 Å². The van der Waals surface area contributed by atoms with Gasteiger partial charge in [-0.1, -0.05) is 29.8 Å². The summed E-state index contributed by atoms with van der Waals surface area (Å²) in [5.41, 5.74) is 11.6. The normalized spacial score (nSPS) is 11.9. The van der Waals surface area contributed by atoms with Crippen LogP contribution in [0.5, 0.6) is 0 Å². The number of H-pyrrole nitrogens is 1. The van der Waals surface area contributed by atoms with Gasteiger partial charge in [-0.3, -0.25) is 15.2 Å². The molecule has 4 aromatic rings. The summed E-state index contributed by atoms with van der Waals surface area (Å²) >= 11 is 0. The molecule has 1 atom stereocenters. The number of benzene rings is 2. The molecule has 1 unspecified atom stereocenters. The predicted molar refractivity (Wildman–Crippen MR) is 118 cm³/mol. The van der Waals surface area contributed by atoms with Crippen molar-refractivity contribution in [2.24, 2.45) is 0 Å².